The van der Waals surface area contributed by atoms with Crippen molar-refractivity contribution in [3.8, 4) is 0 Å². The fourth-order valence-corrected chi connectivity index (χ4v) is 2.11. The van der Waals surface area contributed by atoms with Crippen molar-refractivity contribution in [1.82, 2.24) is 14.2 Å². The monoisotopic (exact) mass is 213 g/mol. The first kappa shape index (κ1) is 9.15. The van der Waals surface area contributed by atoms with Crippen molar-refractivity contribution >= 4 is 22.6 Å². The van der Waals surface area contributed by atoms with Gasteiger partial charge in [0.2, 0.25) is 5.91 Å². The molecule has 0 aliphatic heterocycles. The first-order valence-electron chi connectivity index (χ1n) is 5.15. The Morgan fingerprint density at radius 2 is 1.94 bits per heavy atom. The van der Waals surface area contributed by atoms with E-state index in [1.807, 2.05) is 41.8 Å². The molecule has 0 spiro atoms. The minimum Gasteiger partial charge on any atom is -0.274 e. The largest absolute Gasteiger partial charge is 0.274 e. The number of hydrogen-bond acceptors (Lipinski definition) is 2. The summed E-state index contributed by atoms with van der Waals surface area (Å²) >= 11 is 0. The minimum atomic E-state index is 0.00565. The summed E-state index contributed by atoms with van der Waals surface area (Å²) in [6, 6.07) is 9.69. The normalized spacial score (nSPS) is 11.4. The van der Waals surface area contributed by atoms with Crippen LogP contribution in [0.4, 0.5) is 0 Å². The average molecular weight is 213 g/mol. The number of aromatic nitrogens is 3. The standard InChI is InChI=1S/C12H11N3O/c1-8-7-12-14(9(2)16)10-5-3-4-6-11(10)15(12)13-8/h3-7H,1-2H3. The zero-order valence-electron chi connectivity index (χ0n) is 9.14. The third-order valence-electron chi connectivity index (χ3n) is 2.71. The van der Waals surface area contributed by atoms with Crippen LogP contribution in [0.25, 0.3) is 16.7 Å². The van der Waals surface area contributed by atoms with E-state index in [-0.39, 0.29) is 5.91 Å². The zero-order valence-corrected chi connectivity index (χ0v) is 9.14. The predicted molar refractivity (Wildman–Crippen MR) is 61.7 cm³/mol. The summed E-state index contributed by atoms with van der Waals surface area (Å²) in [7, 11) is 0. The van der Waals surface area contributed by atoms with Crippen LogP contribution in [0.3, 0.4) is 0 Å². The Morgan fingerprint density at radius 3 is 2.62 bits per heavy atom. The van der Waals surface area contributed by atoms with Gasteiger partial charge in [0.1, 0.15) is 5.65 Å². The third-order valence-corrected chi connectivity index (χ3v) is 2.71. The van der Waals surface area contributed by atoms with Gasteiger partial charge in [-0.25, -0.2) is 4.52 Å². The number of nitrogens with zero attached hydrogens (tertiary/aromatic N) is 3. The van der Waals surface area contributed by atoms with E-state index < -0.39 is 0 Å². The van der Waals surface area contributed by atoms with Crippen molar-refractivity contribution in [2.45, 2.75) is 13.8 Å². The molecule has 16 heavy (non-hydrogen) atoms. The topological polar surface area (TPSA) is 39.3 Å². The number of aryl methyl sites for hydroxylation is 1. The van der Waals surface area contributed by atoms with E-state index in [1.165, 1.54) is 0 Å². The maximum Gasteiger partial charge on any atom is 0.229 e. The lowest BCUT2D eigenvalue weighted by molar-refractivity contribution is 0.0946. The molecule has 0 saturated heterocycles. The van der Waals surface area contributed by atoms with E-state index >= 15 is 0 Å². The smallest absolute Gasteiger partial charge is 0.229 e. The molecule has 80 valence electrons. The number of fused-ring (bicyclic) bond motifs is 3. The van der Waals surface area contributed by atoms with Gasteiger partial charge in [0.05, 0.1) is 16.7 Å². The number of benzene rings is 1. The van der Waals surface area contributed by atoms with E-state index in [9.17, 15) is 4.79 Å². The lowest BCUT2D eigenvalue weighted by Crippen LogP contribution is -2.04. The average Bonchev–Trinajstić information content (AvgIpc) is 2.72. The molecule has 0 fully saturated rings. The molecule has 0 amide bonds. The molecule has 3 aromatic rings. The highest BCUT2D eigenvalue weighted by atomic mass is 16.1. The molecule has 0 radical (unpaired) electrons. The van der Waals surface area contributed by atoms with E-state index in [1.54, 1.807) is 11.5 Å². The highest BCUT2D eigenvalue weighted by molar-refractivity contribution is 5.94. The second-order valence-corrected chi connectivity index (χ2v) is 3.90. The van der Waals surface area contributed by atoms with Crippen LogP contribution in [0, 0.1) is 6.92 Å². The second-order valence-electron chi connectivity index (χ2n) is 3.90. The molecule has 2 heterocycles. The molecule has 0 bridgehead atoms. The van der Waals surface area contributed by atoms with Crippen LogP contribution in [0.1, 0.15) is 17.4 Å². The van der Waals surface area contributed by atoms with Gasteiger partial charge in [0.25, 0.3) is 0 Å². The van der Waals surface area contributed by atoms with Crippen LogP contribution >= 0.6 is 0 Å². The molecule has 4 heteroatoms. The van der Waals surface area contributed by atoms with Gasteiger partial charge in [-0.05, 0) is 19.1 Å². The molecule has 0 unspecified atom stereocenters. The summed E-state index contributed by atoms with van der Waals surface area (Å²) in [5.41, 5.74) is 3.60. The molecular formula is C12H11N3O. The fourth-order valence-electron chi connectivity index (χ4n) is 2.11. The van der Waals surface area contributed by atoms with Gasteiger partial charge in [-0.3, -0.25) is 9.36 Å². The molecule has 0 saturated carbocycles. The zero-order chi connectivity index (χ0) is 11.3. The van der Waals surface area contributed by atoms with Gasteiger partial charge in [0.15, 0.2) is 0 Å². The number of para-hydroxylation sites is 2. The Kier molecular flexibility index (Phi) is 1.68. The Bertz CT molecular complexity index is 706. The fraction of sp³-hybridized carbons (Fsp3) is 0.167. The summed E-state index contributed by atoms with van der Waals surface area (Å²) in [6.07, 6.45) is 0. The Hall–Kier alpha value is -2.10. The molecule has 1 aromatic carbocycles. The molecular weight excluding hydrogens is 202 g/mol. The van der Waals surface area contributed by atoms with Gasteiger partial charge in [-0.2, -0.15) is 5.10 Å². The van der Waals surface area contributed by atoms with Crippen LogP contribution in [0.2, 0.25) is 0 Å². The van der Waals surface area contributed by atoms with E-state index in [4.69, 9.17) is 0 Å². The molecule has 0 aliphatic carbocycles. The highest BCUT2D eigenvalue weighted by Gasteiger charge is 2.14. The van der Waals surface area contributed by atoms with Crippen LogP contribution in [-0.2, 0) is 0 Å². The first-order valence-corrected chi connectivity index (χ1v) is 5.15. The Labute approximate surface area is 92.1 Å². The van der Waals surface area contributed by atoms with Gasteiger partial charge >= 0.3 is 0 Å². The van der Waals surface area contributed by atoms with Gasteiger partial charge in [0, 0.05) is 13.0 Å². The second kappa shape index (κ2) is 2.95. The van der Waals surface area contributed by atoms with E-state index in [0.717, 1.165) is 22.4 Å². The van der Waals surface area contributed by atoms with Crippen LogP contribution in [-0.4, -0.2) is 20.1 Å². The van der Waals surface area contributed by atoms with Gasteiger partial charge in [-0.15, -0.1) is 0 Å². The summed E-state index contributed by atoms with van der Waals surface area (Å²) in [4.78, 5) is 11.7. The van der Waals surface area contributed by atoms with E-state index in [0.29, 0.717) is 0 Å². The van der Waals surface area contributed by atoms with E-state index in [2.05, 4.69) is 5.10 Å². The highest BCUT2D eigenvalue weighted by Crippen LogP contribution is 2.20. The predicted octanol–water partition coefficient (Wildman–Crippen LogP) is 2.26. The van der Waals surface area contributed by atoms with Crippen LogP contribution in [0.15, 0.2) is 30.3 Å². The number of carbonyl (C=O) groups is 1. The van der Waals surface area contributed by atoms with Crippen molar-refractivity contribution in [1.29, 1.82) is 0 Å². The van der Waals surface area contributed by atoms with Gasteiger partial charge < -0.3 is 0 Å². The lowest BCUT2D eigenvalue weighted by Gasteiger charge is -1.97. The summed E-state index contributed by atoms with van der Waals surface area (Å²) in [5, 5.41) is 4.39. The van der Waals surface area contributed by atoms with Crippen molar-refractivity contribution in [3.63, 3.8) is 0 Å². The van der Waals surface area contributed by atoms with Crippen molar-refractivity contribution in [2.24, 2.45) is 0 Å². The molecule has 4 nitrogen and oxygen atoms in total. The molecule has 0 aliphatic rings. The lowest BCUT2D eigenvalue weighted by atomic mass is 10.3. The van der Waals surface area contributed by atoms with Gasteiger partial charge in [-0.1, -0.05) is 12.1 Å². The first-order chi connectivity index (χ1) is 7.68. The van der Waals surface area contributed by atoms with Crippen molar-refractivity contribution < 1.29 is 4.79 Å². The number of imidazole rings is 1. The SMILES string of the molecule is CC(=O)n1c2ccccc2n2nc(C)cc12. The molecule has 0 atom stereocenters. The minimum absolute atomic E-state index is 0.00565. The van der Waals surface area contributed by atoms with Crippen molar-refractivity contribution in [2.75, 3.05) is 0 Å². The summed E-state index contributed by atoms with van der Waals surface area (Å²) < 4.78 is 3.50. The van der Waals surface area contributed by atoms with Crippen LogP contribution in [0.5, 0.6) is 0 Å². The number of carbonyl (C=O) groups excluding carboxylic acids is 1. The quantitative estimate of drug-likeness (QED) is 0.574. The Balaban J connectivity index is 2.61. The molecule has 3 rings (SSSR count). The summed E-state index contributed by atoms with van der Waals surface area (Å²) in [6.45, 7) is 3.49. The third kappa shape index (κ3) is 1.04. The maximum absolute atomic E-state index is 11.7. The van der Waals surface area contributed by atoms with Crippen LogP contribution < -0.4 is 0 Å². The van der Waals surface area contributed by atoms with Crippen molar-refractivity contribution in [3.05, 3.63) is 36.0 Å². The molecule has 0 N–H and O–H groups in total. The summed E-state index contributed by atoms with van der Waals surface area (Å²) in [5.74, 6) is 0.00565. The maximum atomic E-state index is 11.7. The number of hydrogen-bond donors (Lipinski definition) is 0. The molecule has 2 aromatic heterocycles. The Morgan fingerprint density at radius 1 is 1.25 bits per heavy atom. The number of rotatable bonds is 0.